The molecule has 2 atom stereocenters. The highest BCUT2D eigenvalue weighted by molar-refractivity contribution is 5.72. The fraction of sp³-hybridized carbons (Fsp3) is 0.771. The van der Waals surface area contributed by atoms with Gasteiger partial charge >= 0.3 is 17.9 Å². The van der Waals surface area contributed by atoms with E-state index in [1.54, 1.807) is 0 Å². The Morgan fingerprint density at radius 1 is 0.554 bits per heavy atom. The number of likely N-dealkylation sites (N-methyl/N-ethyl adjacent to an activating group) is 1. The smallest absolute Gasteiger partial charge is 0.362 e. The van der Waals surface area contributed by atoms with E-state index in [9.17, 15) is 19.5 Å². The molecular formula is C48H86NO7+. The Morgan fingerprint density at radius 2 is 1.00 bits per heavy atom. The van der Waals surface area contributed by atoms with Gasteiger partial charge < -0.3 is 23.8 Å². The predicted molar refractivity (Wildman–Crippen MR) is 234 cm³/mol. The molecule has 0 rings (SSSR count). The normalized spacial score (nSPS) is 13.4. The maximum Gasteiger partial charge on any atom is 0.362 e. The van der Waals surface area contributed by atoms with E-state index in [0.717, 1.165) is 51.4 Å². The van der Waals surface area contributed by atoms with E-state index < -0.39 is 18.1 Å². The summed E-state index contributed by atoms with van der Waals surface area (Å²) in [4.78, 5) is 37.0. The van der Waals surface area contributed by atoms with Crippen LogP contribution in [0.3, 0.4) is 0 Å². The number of nitrogens with zero attached hydrogens (tertiary/aromatic N) is 1. The lowest BCUT2D eigenvalue weighted by atomic mass is 10.0. The summed E-state index contributed by atoms with van der Waals surface area (Å²) in [6, 6.07) is -0.620. The van der Waals surface area contributed by atoms with Crippen molar-refractivity contribution >= 4 is 17.9 Å². The summed E-state index contributed by atoms with van der Waals surface area (Å²) < 4.78 is 17.2. The minimum atomic E-state index is -0.881. The zero-order valence-corrected chi connectivity index (χ0v) is 36.8. The number of carbonyl (C=O) groups is 3. The molecule has 0 fully saturated rings. The summed E-state index contributed by atoms with van der Waals surface area (Å²) >= 11 is 0. The summed E-state index contributed by atoms with van der Waals surface area (Å²) in [5.41, 5.74) is 0. The summed E-state index contributed by atoms with van der Waals surface area (Å²) in [5, 5.41) is 9.62. The first-order valence-corrected chi connectivity index (χ1v) is 22.7. The summed E-state index contributed by atoms with van der Waals surface area (Å²) in [6.07, 6.45) is 45.9. The fourth-order valence-corrected chi connectivity index (χ4v) is 6.57. The number of ether oxygens (including phenoxy) is 3. The van der Waals surface area contributed by atoms with Crippen LogP contribution in [-0.2, 0) is 28.6 Å². The standard InChI is InChI=1S/C48H85NO7/c1-6-8-10-12-14-16-18-20-21-22-23-24-25-27-29-31-33-35-37-39-47(51)56-44(42-54-41-40-45(48(52)53)49(3,4)5)43-55-46(50)38-36-34-32-30-28-26-19-17-15-13-11-9-7-2/h9,11,13,15,17,19,26,28,44-45H,6-8,10,12,14,16,18,20-25,27,29-43H2,1-5H3/p+1/b11-9+,15-13+,19-17+,28-26+. The van der Waals surface area contributed by atoms with Crippen LogP contribution < -0.4 is 0 Å². The highest BCUT2D eigenvalue weighted by Gasteiger charge is 2.31. The molecule has 0 amide bonds. The van der Waals surface area contributed by atoms with Gasteiger partial charge in [0.2, 0.25) is 0 Å². The molecule has 8 nitrogen and oxygen atoms in total. The molecule has 0 aromatic carbocycles. The molecule has 324 valence electrons. The summed E-state index contributed by atoms with van der Waals surface area (Å²) in [7, 11) is 5.51. The molecule has 0 radical (unpaired) electrons. The second-order valence-corrected chi connectivity index (χ2v) is 16.4. The molecule has 0 aliphatic carbocycles. The molecule has 0 aliphatic heterocycles. The number of carboxylic acids is 1. The van der Waals surface area contributed by atoms with Crippen LogP contribution in [0.1, 0.15) is 187 Å². The average molecular weight is 789 g/mol. The third-order valence-electron chi connectivity index (χ3n) is 10.1. The van der Waals surface area contributed by atoms with Gasteiger partial charge in [-0.25, -0.2) is 4.79 Å². The minimum absolute atomic E-state index is 0.0493. The first kappa shape index (κ1) is 53.3. The average Bonchev–Trinajstić information content (AvgIpc) is 3.15. The van der Waals surface area contributed by atoms with Gasteiger partial charge in [0.25, 0.3) is 0 Å². The van der Waals surface area contributed by atoms with Crippen molar-refractivity contribution in [2.24, 2.45) is 0 Å². The second kappa shape index (κ2) is 39.1. The van der Waals surface area contributed by atoms with Crippen LogP contribution in [0.2, 0.25) is 0 Å². The Kier molecular flexibility index (Phi) is 37.2. The van der Waals surface area contributed by atoms with E-state index in [2.05, 4.69) is 26.0 Å². The Morgan fingerprint density at radius 3 is 1.48 bits per heavy atom. The molecule has 0 bridgehead atoms. The van der Waals surface area contributed by atoms with Gasteiger partial charge in [-0.2, -0.15) is 0 Å². The van der Waals surface area contributed by atoms with E-state index >= 15 is 0 Å². The quantitative estimate of drug-likeness (QED) is 0.0286. The Hall–Kier alpha value is -2.71. The van der Waals surface area contributed by atoms with Crippen molar-refractivity contribution in [1.82, 2.24) is 0 Å². The minimum Gasteiger partial charge on any atom is -0.477 e. The first-order chi connectivity index (χ1) is 27.1. The number of hydrogen-bond donors (Lipinski definition) is 1. The lowest BCUT2D eigenvalue weighted by Gasteiger charge is -2.31. The van der Waals surface area contributed by atoms with Gasteiger partial charge in [-0.1, -0.05) is 184 Å². The number of quaternary nitrogens is 1. The first-order valence-electron chi connectivity index (χ1n) is 22.7. The zero-order valence-electron chi connectivity index (χ0n) is 36.8. The van der Waals surface area contributed by atoms with Gasteiger partial charge in [0.05, 0.1) is 34.4 Å². The van der Waals surface area contributed by atoms with Gasteiger partial charge in [-0.05, 0) is 32.1 Å². The molecule has 0 saturated carbocycles. The van der Waals surface area contributed by atoms with Gasteiger partial charge in [0.15, 0.2) is 12.1 Å². The molecule has 0 aromatic rings. The van der Waals surface area contributed by atoms with Crippen LogP contribution in [0.25, 0.3) is 0 Å². The molecule has 0 aromatic heterocycles. The number of carbonyl (C=O) groups excluding carboxylic acids is 2. The fourth-order valence-electron chi connectivity index (χ4n) is 6.57. The largest absolute Gasteiger partial charge is 0.477 e. The van der Waals surface area contributed by atoms with Crippen LogP contribution in [0.15, 0.2) is 48.6 Å². The molecule has 56 heavy (non-hydrogen) atoms. The third kappa shape index (κ3) is 36.9. The van der Waals surface area contributed by atoms with Crippen molar-refractivity contribution in [2.75, 3.05) is 41.0 Å². The lowest BCUT2D eigenvalue weighted by Crippen LogP contribution is -2.50. The van der Waals surface area contributed by atoms with Crippen molar-refractivity contribution in [3.63, 3.8) is 0 Å². The van der Waals surface area contributed by atoms with E-state index in [4.69, 9.17) is 14.2 Å². The van der Waals surface area contributed by atoms with E-state index in [1.165, 1.54) is 103 Å². The number of rotatable bonds is 40. The van der Waals surface area contributed by atoms with Crippen LogP contribution in [0, 0.1) is 0 Å². The van der Waals surface area contributed by atoms with Crippen LogP contribution in [0.4, 0.5) is 0 Å². The molecule has 0 aliphatic rings. The molecule has 0 spiro atoms. The van der Waals surface area contributed by atoms with Crippen molar-refractivity contribution in [2.45, 2.75) is 199 Å². The topological polar surface area (TPSA) is 99.1 Å². The van der Waals surface area contributed by atoms with E-state index in [0.29, 0.717) is 19.3 Å². The van der Waals surface area contributed by atoms with Crippen LogP contribution in [-0.4, -0.2) is 80.6 Å². The van der Waals surface area contributed by atoms with Crippen molar-refractivity contribution < 1.29 is 38.2 Å². The van der Waals surface area contributed by atoms with Crippen molar-refractivity contribution in [3.05, 3.63) is 48.6 Å². The lowest BCUT2D eigenvalue weighted by molar-refractivity contribution is -0.887. The van der Waals surface area contributed by atoms with Crippen molar-refractivity contribution in [1.29, 1.82) is 0 Å². The highest BCUT2D eigenvalue weighted by Crippen LogP contribution is 2.16. The molecule has 2 unspecified atom stereocenters. The molecule has 8 heteroatoms. The number of hydrogen-bond acceptors (Lipinski definition) is 6. The SMILES string of the molecule is CC/C=C/C=C/C=C/C=C/CCCCCC(=O)OCC(COCCC(C(=O)O)[N+](C)(C)C)OC(=O)CCCCCCCCCCCCCCCCCCCCC. The van der Waals surface area contributed by atoms with E-state index in [1.807, 2.05) is 57.6 Å². The van der Waals surface area contributed by atoms with Gasteiger partial charge in [0, 0.05) is 19.3 Å². The highest BCUT2D eigenvalue weighted by atomic mass is 16.6. The van der Waals surface area contributed by atoms with Crippen LogP contribution >= 0.6 is 0 Å². The number of aliphatic carboxylic acids is 1. The number of esters is 2. The van der Waals surface area contributed by atoms with Gasteiger partial charge in [-0.3, -0.25) is 9.59 Å². The molecule has 0 saturated heterocycles. The number of allylic oxidation sites excluding steroid dienone is 8. The third-order valence-corrected chi connectivity index (χ3v) is 10.1. The predicted octanol–water partition coefficient (Wildman–Crippen LogP) is 12.4. The number of carboxylic acid groups (broad SMARTS) is 1. The molecular weight excluding hydrogens is 703 g/mol. The van der Waals surface area contributed by atoms with Gasteiger partial charge in [-0.15, -0.1) is 0 Å². The maximum absolute atomic E-state index is 12.7. The second-order valence-electron chi connectivity index (χ2n) is 16.4. The Bertz CT molecular complexity index is 1060. The molecule has 1 N–H and O–H groups in total. The summed E-state index contributed by atoms with van der Waals surface area (Å²) in [6.45, 7) is 4.56. The van der Waals surface area contributed by atoms with Crippen LogP contribution in [0.5, 0.6) is 0 Å². The summed E-state index contributed by atoms with van der Waals surface area (Å²) in [5.74, 6) is -1.51. The van der Waals surface area contributed by atoms with E-state index in [-0.39, 0.29) is 36.2 Å². The van der Waals surface area contributed by atoms with Crippen molar-refractivity contribution in [3.8, 4) is 0 Å². The Labute approximate surface area is 344 Å². The Balaban J connectivity index is 4.32. The maximum atomic E-state index is 12.7. The zero-order chi connectivity index (χ0) is 41.4. The number of unbranched alkanes of at least 4 members (excludes halogenated alkanes) is 21. The van der Waals surface area contributed by atoms with Gasteiger partial charge in [0.1, 0.15) is 6.61 Å². The molecule has 0 heterocycles. The monoisotopic (exact) mass is 789 g/mol.